The van der Waals surface area contributed by atoms with Gasteiger partial charge in [0.05, 0.1) is 35.0 Å². The molecule has 9 heteroatoms. The Labute approximate surface area is 198 Å². The number of carbonyl (C=O) groups excluding carboxylic acids is 1. The molecule has 0 unspecified atom stereocenters. The maximum absolute atomic E-state index is 12.5. The molecule has 2 N–H and O–H groups in total. The van der Waals surface area contributed by atoms with Crippen LogP contribution in [0.5, 0.6) is 0 Å². The largest absolute Gasteiger partial charge is 0.461 e. The summed E-state index contributed by atoms with van der Waals surface area (Å²) in [5.41, 5.74) is 2.91. The van der Waals surface area contributed by atoms with E-state index in [1.807, 2.05) is 0 Å². The van der Waals surface area contributed by atoms with E-state index in [4.69, 9.17) is 21.3 Å². The Balaban J connectivity index is 1.88. The third-order valence-corrected chi connectivity index (χ3v) is 6.37. The van der Waals surface area contributed by atoms with Gasteiger partial charge in [0.2, 0.25) is 5.95 Å². The highest BCUT2D eigenvalue weighted by Gasteiger charge is 2.25. The first-order chi connectivity index (χ1) is 16.0. The molecule has 0 aromatic carbocycles. The van der Waals surface area contributed by atoms with E-state index in [-0.39, 0.29) is 18.9 Å². The summed E-state index contributed by atoms with van der Waals surface area (Å²) in [4.78, 5) is 26.2. The van der Waals surface area contributed by atoms with Crippen molar-refractivity contribution in [3.63, 3.8) is 0 Å². The highest BCUT2D eigenvalue weighted by Crippen LogP contribution is 2.35. The number of nitrogens with one attached hydrogen (secondary N) is 1. The average molecular weight is 472 g/mol. The van der Waals surface area contributed by atoms with Gasteiger partial charge < -0.3 is 19.7 Å². The number of carbonyl (C=O) groups is 1. The Kier molecular flexibility index (Phi) is 7.45. The Morgan fingerprint density at radius 2 is 2.03 bits per heavy atom. The van der Waals surface area contributed by atoms with Crippen molar-refractivity contribution < 1.29 is 14.6 Å². The van der Waals surface area contributed by atoms with Crippen LogP contribution in [-0.4, -0.2) is 50.4 Å². The van der Waals surface area contributed by atoms with Crippen molar-refractivity contribution >= 4 is 34.6 Å². The minimum absolute atomic E-state index is 0.0124. The molecule has 176 valence electrons. The normalized spacial score (nSPS) is 18.4. The van der Waals surface area contributed by atoms with Crippen LogP contribution in [0.1, 0.15) is 50.0 Å². The van der Waals surface area contributed by atoms with Gasteiger partial charge in [0.1, 0.15) is 0 Å². The Morgan fingerprint density at radius 3 is 2.73 bits per heavy atom. The van der Waals surface area contributed by atoms with Crippen LogP contribution in [0, 0.1) is 11.8 Å². The van der Waals surface area contributed by atoms with Gasteiger partial charge in [0, 0.05) is 31.0 Å². The van der Waals surface area contributed by atoms with Gasteiger partial charge in [-0.2, -0.15) is 0 Å². The molecule has 1 fully saturated rings. The molecule has 0 saturated heterocycles. The van der Waals surface area contributed by atoms with Crippen LogP contribution in [0.4, 0.5) is 5.95 Å². The number of ether oxygens (including phenoxy) is 1. The van der Waals surface area contributed by atoms with Gasteiger partial charge in [-0.25, -0.2) is 14.8 Å². The molecular formula is C24H30ClN5O3. The van der Waals surface area contributed by atoms with Gasteiger partial charge in [-0.05, 0) is 43.7 Å². The Morgan fingerprint density at radius 1 is 1.24 bits per heavy atom. The average Bonchev–Trinajstić information content (AvgIpc) is 3.15. The van der Waals surface area contributed by atoms with Crippen molar-refractivity contribution in [3.8, 4) is 11.3 Å². The number of hydrogen-bond donors (Lipinski definition) is 2. The maximum Gasteiger partial charge on any atom is 0.357 e. The summed E-state index contributed by atoms with van der Waals surface area (Å²) in [6.45, 7) is 5.46. The molecule has 0 aliphatic heterocycles. The number of anilines is 1. The molecule has 33 heavy (non-hydrogen) atoms. The van der Waals surface area contributed by atoms with Crippen molar-refractivity contribution in [1.29, 1.82) is 0 Å². The van der Waals surface area contributed by atoms with Crippen LogP contribution in [0.15, 0.2) is 24.5 Å². The topological polar surface area (TPSA) is 102 Å². The van der Waals surface area contributed by atoms with Crippen LogP contribution in [-0.2, 0) is 11.3 Å². The van der Waals surface area contributed by atoms with E-state index in [0.29, 0.717) is 40.2 Å². The smallest absolute Gasteiger partial charge is 0.357 e. The van der Waals surface area contributed by atoms with E-state index in [1.165, 1.54) is 12.8 Å². The number of imidazole rings is 1. The van der Waals surface area contributed by atoms with Gasteiger partial charge in [-0.1, -0.05) is 31.4 Å². The number of aliphatic hydroxyl groups is 1. The zero-order valence-electron chi connectivity index (χ0n) is 19.1. The summed E-state index contributed by atoms with van der Waals surface area (Å²) in [7, 11) is 0. The SMILES string of the molecule is CCOC(=O)c1cc2nc(NCCO)n(CC3CCC(C)CC3)c2c(-c2cncc(Cl)c2)n1. The van der Waals surface area contributed by atoms with Gasteiger partial charge in [-0.15, -0.1) is 0 Å². The summed E-state index contributed by atoms with van der Waals surface area (Å²) in [5.74, 6) is 1.42. The molecular weight excluding hydrogens is 442 g/mol. The fourth-order valence-electron chi connectivity index (χ4n) is 4.46. The molecule has 1 saturated carbocycles. The minimum Gasteiger partial charge on any atom is -0.461 e. The van der Waals surface area contributed by atoms with Crippen molar-refractivity contribution in [2.45, 2.75) is 46.1 Å². The van der Waals surface area contributed by atoms with E-state index in [2.05, 4.69) is 26.8 Å². The molecule has 0 radical (unpaired) electrons. The Bertz CT molecular complexity index is 1120. The standard InChI is InChI=1S/C24H30ClN5O3/c1-3-33-23(32)20-11-19-22(21(28-20)17-10-18(25)13-26-12-17)30(24(29-19)27-8-9-31)14-16-6-4-15(2)5-7-16/h10-13,15-16,31H,3-9,14H2,1-2H3,(H,27,29). The summed E-state index contributed by atoms with van der Waals surface area (Å²) in [6.07, 6.45) is 7.99. The second-order valence-electron chi connectivity index (χ2n) is 8.66. The van der Waals surface area contributed by atoms with Crippen molar-refractivity contribution in [1.82, 2.24) is 19.5 Å². The summed E-state index contributed by atoms with van der Waals surface area (Å²) >= 11 is 6.24. The number of esters is 1. The van der Waals surface area contributed by atoms with Crippen molar-refractivity contribution in [3.05, 3.63) is 35.2 Å². The van der Waals surface area contributed by atoms with Gasteiger partial charge in [-0.3, -0.25) is 4.98 Å². The number of aromatic nitrogens is 4. The third-order valence-electron chi connectivity index (χ3n) is 6.16. The molecule has 1 aliphatic carbocycles. The quantitative estimate of drug-likeness (QED) is 0.464. The molecule has 1 aliphatic rings. The minimum atomic E-state index is -0.503. The highest BCUT2D eigenvalue weighted by molar-refractivity contribution is 6.30. The van der Waals surface area contributed by atoms with E-state index in [9.17, 15) is 9.90 Å². The number of rotatable bonds is 8. The maximum atomic E-state index is 12.5. The Hall–Kier alpha value is -2.71. The lowest BCUT2D eigenvalue weighted by molar-refractivity contribution is 0.0520. The molecule has 3 aromatic heterocycles. The first kappa shape index (κ1) is 23.4. The van der Waals surface area contributed by atoms with Gasteiger partial charge in [0.15, 0.2) is 5.69 Å². The first-order valence-corrected chi connectivity index (χ1v) is 11.9. The number of halogens is 1. The summed E-state index contributed by atoms with van der Waals surface area (Å²) < 4.78 is 7.33. The predicted octanol–water partition coefficient (Wildman–Crippen LogP) is 4.55. The summed E-state index contributed by atoms with van der Waals surface area (Å²) in [6, 6.07) is 3.45. The molecule has 0 amide bonds. The van der Waals surface area contributed by atoms with Crippen molar-refractivity contribution in [2.24, 2.45) is 11.8 Å². The van der Waals surface area contributed by atoms with E-state index >= 15 is 0 Å². The van der Waals surface area contributed by atoms with E-state index in [1.54, 1.807) is 31.5 Å². The number of pyridine rings is 2. The monoisotopic (exact) mass is 471 g/mol. The lowest BCUT2D eigenvalue weighted by Crippen LogP contribution is -2.20. The molecule has 0 atom stereocenters. The van der Waals surface area contributed by atoms with Gasteiger partial charge in [0.25, 0.3) is 0 Å². The lowest BCUT2D eigenvalue weighted by Gasteiger charge is -2.27. The first-order valence-electron chi connectivity index (χ1n) is 11.5. The third kappa shape index (κ3) is 5.28. The van der Waals surface area contributed by atoms with Crippen LogP contribution in [0.3, 0.4) is 0 Å². The molecule has 3 aromatic rings. The number of nitrogens with zero attached hydrogens (tertiary/aromatic N) is 4. The second kappa shape index (κ2) is 10.5. The number of fused-ring (bicyclic) bond motifs is 1. The zero-order chi connectivity index (χ0) is 23.4. The fourth-order valence-corrected chi connectivity index (χ4v) is 4.63. The van der Waals surface area contributed by atoms with Crippen LogP contribution in [0.25, 0.3) is 22.3 Å². The molecule has 4 rings (SSSR count). The van der Waals surface area contributed by atoms with E-state index in [0.717, 1.165) is 30.8 Å². The summed E-state index contributed by atoms with van der Waals surface area (Å²) in [5, 5.41) is 13.1. The number of hydrogen-bond acceptors (Lipinski definition) is 7. The molecule has 8 nitrogen and oxygen atoms in total. The van der Waals surface area contributed by atoms with Gasteiger partial charge >= 0.3 is 5.97 Å². The molecule has 3 heterocycles. The lowest BCUT2D eigenvalue weighted by atomic mass is 9.83. The zero-order valence-corrected chi connectivity index (χ0v) is 19.8. The van der Waals surface area contributed by atoms with Crippen LogP contribution in [0.2, 0.25) is 5.02 Å². The van der Waals surface area contributed by atoms with Crippen molar-refractivity contribution in [2.75, 3.05) is 25.1 Å². The van der Waals surface area contributed by atoms with Crippen LogP contribution >= 0.6 is 11.6 Å². The predicted molar refractivity (Wildman–Crippen MR) is 128 cm³/mol. The molecule has 0 spiro atoms. The van der Waals surface area contributed by atoms with E-state index < -0.39 is 5.97 Å². The second-order valence-corrected chi connectivity index (χ2v) is 9.09. The molecule has 0 bridgehead atoms. The highest BCUT2D eigenvalue weighted by atomic mass is 35.5. The van der Waals surface area contributed by atoms with Crippen LogP contribution < -0.4 is 5.32 Å². The fraction of sp³-hybridized carbons (Fsp3) is 0.500. The number of aliphatic hydroxyl groups excluding tert-OH is 1.